The fraction of sp³-hybridized carbons (Fsp3) is 0.143. The topological polar surface area (TPSA) is 30.2 Å². The quantitative estimate of drug-likeness (QED) is 0.592. The highest BCUT2D eigenvalue weighted by atomic mass is 16.5. The molecular weight excluding hydrogens is 214 g/mol. The number of carbonyl (C=O) groups excluding carboxylic acids is 1. The molecule has 86 valence electrons. The molecule has 0 bridgehead atoms. The third kappa shape index (κ3) is 2.69. The third-order valence-corrected chi connectivity index (χ3v) is 2.55. The van der Waals surface area contributed by atoms with Crippen molar-refractivity contribution in [2.75, 3.05) is 7.11 Å². The second-order valence-electron chi connectivity index (χ2n) is 3.70. The van der Waals surface area contributed by atoms with Crippen molar-refractivity contribution >= 4 is 5.97 Å². The summed E-state index contributed by atoms with van der Waals surface area (Å²) in [5.74, 6) is -0.294. The number of esters is 1. The van der Waals surface area contributed by atoms with Crippen molar-refractivity contribution in [3.05, 3.63) is 66.0 Å². The Morgan fingerprint density at radius 2 is 1.82 bits per heavy atom. The highest BCUT2D eigenvalue weighted by Gasteiger charge is 2.13. The molecule has 1 aromatic heterocycles. The minimum absolute atomic E-state index is 0.294. The lowest BCUT2D eigenvalue weighted by molar-refractivity contribution is -0.688. The average molecular weight is 228 g/mol. The molecule has 0 saturated heterocycles. The van der Waals surface area contributed by atoms with Crippen molar-refractivity contribution < 1.29 is 14.1 Å². The van der Waals surface area contributed by atoms with Gasteiger partial charge in [-0.1, -0.05) is 24.3 Å². The molecule has 0 amide bonds. The van der Waals surface area contributed by atoms with Gasteiger partial charge in [-0.2, -0.15) is 0 Å². The normalized spacial score (nSPS) is 9.94. The molecular formula is C14H14NO2+. The number of nitrogens with zero attached hydrogens (tertiary/aromatic N) is 1. The largest absolute Gasteiger partial charge is 0.465 e. The Morgan fingerprint density at radius 3 is 2.53 bits per heavy atom. The van der Waals surface area contributed by atoms with E-state index in [0.29, 0.717) is 12.1 Å². The van der Waals surface area contributed by atoms with Crippen LogP contribution in [0.25, 0.3) is 0 Å². The van der Waals surface area contributed by atoms with Crippen molar-refractivity contribution in [1.82, 2.24) is 0 Å². The second kappa shape index (κ2) is 5.25. The van der Waals surface area contributed by atoms with Gasteiger partial charge in [0.05, 0.1) is 12.7 Å². The molecule has 0 unspecified atom stereocenters. The number of hydrogen-bond acceptors (Lipinski definition) is 2. The Morgan fingerprint density at radius 1 is 1.12 bits per heavy atom. The Hall–Kier alpha value is -2.16. The maximum atomic E-state index is 11.6. The van der Waals surface area contributed by atoms with Gasteiger partial charge in [-0.05, 0) is 6.07 Å². The summed E-state index contributed by atoms with van der Waals surface area (Å²) in [4.78, 5) is 11.6. The average Bonchev–Trinajstić information content (AvgIpc) is 2.40. The fourth-order valence-electron chi connectivity index (χ4n) is 1.70. The summed E-state index contributed by atoms with van der Waals surface area (Å²) in [6.45, 7) is 0.659. The Labute approximate surface area is 100 Å². The van der Waals surface area contributed by atoms with Gasteiger partial charge in [0.15, 0.2) is 18.9 Å². The first kappa shape index (κ1) is 11.3. The molecule has 2 aromatic rings. The van der Waals surface area contributed by atoms with Gasteiger partial charge in [-0.3, -0.25) is 0 Å². The zero-order valence-electron chi connectivity index (χ0n) is 9.67. The first-order valence-corrected chi connectivity index (χ1v) is 5.41. The number of rotatable bonds is 3. The Balaban J connectivity index is 2.30. The Bertz CT molecular complexity index is 509. The standard InChI is InChI=1S/C14H14NO2/c1-17-14(16)13-8-4-3-7-12(13)11-15-9-5-2-6-10-15/h2-10H,11H2,1H3/q+1. The zero-order chi connectivity index (χ0) is 12.1. The lowest BCUT2D eigenvalue weighted by atomic mass is 10.1. The number of hydrogen-bond donors (Lipinski definition) is 0. The SMILES string of the molecule is COC(=O)c1ccccc1C[n+]1ccccc1. The van der Waals surface area contributed by atoms with Crippen LogP contribution in [0.4, 0.5) is 0 Å². The van der Waals surface area contributed by atoms with Gasteiger partial charge in [0.1, 0.15) is 0 Å². The van der Waals surface area contributed by atoms with Gasteiger partial charge < -0.3 is 4.74 Å². The number of benzene rings is 1. The molecule has 1 heterocycles. The van der Waals surface area contributed by atoms with Crippen LogP contribution in [0.15, 0.2) is 54.9 Å². The van der Waals surface area contributed by atoms with E-state index in [-0.39, 0.29) is 5.97 Å². The van der Waals surface area contributed by atoms with Gasteiger partial charge in [-0.25, -0.2) is 9.36 Å². The van der Waals surface area contributed by atoms with Crippen LogP contribution >= 0.6 is 0 Å². The van der Waals surface area contributed by atoms with Crippen LogP contribution < -0.4 is 4.57 Å². The molecule has 17 heavy (non-hydrogen) atoms. The summed E-state index contributed by atoms with van der Waals surface area (Å²) in [7, 11) is 1.40. The van der Waals surface area contributed by atoms with Gasteiger partial charge >= 0.3 is 5.97 Å². The monoisotopic (exact) mass is 228 g/mol. The van der Waals surface area contributed by atoms with E-state index in [1.54, 1.807) is 6.07 Å². The number of carbonyl (C=O) groups is 1. The number of ether oxygens (including phenoxy) is 1. The summed E-state index contributed by atoms with van der Waals surface area (Å²) in [6.07, 6.45) is 3.93. The predicted octanol–water partition coefficient (Wildman–Crippen LogP) is 1.81. The summed E-state index contributed by atoms with van der Waals surface area (Å²) in [6, 6.07) is 13.4. The van der Waals surface area contributed by atoms with Crippen molar-refractivity contribution in [2.45, 2.75) is 6.54 Å². The lowest BCUT2D eigenvalue weighted by Gasteiger charge is -2.04. The first-order chi connectivity index (χ1) is 8.31. The van der Waals surface area contributed by atoms with Crippen LogP contribution in [0.2, 0.25) is 0 Å². The minimum Gasteiger partial charge on any atom is -0.465 e. The van der Waals surface area contributed by atoms with Crippen molar-refractivity contribution in [1.29, 1.82) is 0 Å². The summed E-state index contributed by atoms with van der Waals surface area (Å²) in [5.41, 5.74) is 1.57. The lowest BCUT2D eigenvalue weighted by Crippen LogP contribution is -2.33. The van der Waals surface area contributed by atoms with Crippen LogP contribution in [0.1, 0.15) is 15.9 Å². The molecule has 3 heteroatoms. The van der Waals surface area contributed by atoms with Crippen LogP contribution in [0, 0.1) is 0 Å². The molecule has 0 spiro atoms. The van der Waals surface area contributed by atoms with E-state index in [4.69, 9.17) is 4.74 Å². The molecule has 0 N–H and O–H groups in total. The van der Waals surface area contributed by atoms with Crippen molar-refractivity contribution in [3.8, 4) is 0 Å². The van der Waals surface area contributed by atoms with Crippen molar-refractivity contribution in [3.63, 3.8) is 0 Å². The molecule has 0 atom stereocenters. The number of methoxy groups -OCH3 is 1. The molecule has 0 fully saturated rings. The highest BCUT2D eigenvalue weighted by Crippen LogP contribution is 2.09. The molecule has 3 nitrogen and oxygen atoms in total. The Kier molecular flexibility index (Phi) is 3.50. The van der Waals surface area contributed by atoms with E-state index >= 15 is 0 Å². The van der Waals surface area contributed by atoms with Crippen LogP contribution in [0.3, 0.4) is 0 Å². The highest BCUT2D eigenvalue weighted by molar-refractivity contribution is 5.90. The maximum absolute atomic E-state index is 11.6. The summed E-state index contributed by atoms with van der Waals surface area (Å²) >= 11 is 0. The van der Waals surface area contributed by atoms with E-state index in [2.05, 4.69) is 0 Å². The molecule has 1 aromatic carbocycles. The van der Waals surface area contributed by atoms with E-state index in [1.807, 2.05) is 53.4 Å². The van der Waals surface area contributed by atoms with Gasteiger partial charge in [0.25, 0.3) is 0 Å². The minimum atomic E-state index is -0.294. The zero-order valence-corrected chi connectivity index (χ0v) is 9.67. The van der Waals surface area contributed by atoms with E-state index in [1.165, 1.54) is 7.11 Å². The maximum Gasteiger partial charge on any atom is 0.338 e. The van der Waals surface area contributed by atoms with E-state index in [9.17, 15) is 4.79 Å². The molecule has 2 rings (SSSR count). The molecule has 0 aliphatic carbocycles. The number of aromatic nitrogens is 1. The molecule has 0 saturated carbocycles. The van der Waals surface area contributed by atoms with E-state index < -0.39 is 0 Å². The van der Waals surface area contributed by atoms with Gasteiger partial charge in [0.2, 0.25) is 0 Å². The number of pyridine rings is 1. The van der Waals surface area contributed by atoms with Crippen LogP contribution in [-0.4, -0.2) is 13.1 Å². The van der Waals surface area contributed by atoms with Crippen LogP contribution in [0.5, 0.6) is 0 Å². The van der Waals surface area contributed by atoms with Gasteiger partial charge in [0, 0.05) is 17.7 Å². The predicted molar refractivity (Wildman–Crippen MR) is 63.5 cm³/mol. The second-order valence-corrected chi connectivity index (χ2v) is 3.70. The van der Waals surface area contributed by atoms with E-state index in [0.717, 1.165) is 5.56 Å². The molecule has 0 aliphatic heterocycles. The summed E-state index contributed by atoms with van der Waals surface area (Å²) < 4.78 is 6.78. The smallest absolute Gasteiger partial charge is 0.338 e. The summed E-state index contributed by atoms with van der Waals surface area (Å²) in [5, 5.41) is 0. The first-order valence-electron chi connectivity index (χ1n) is 5.41. The third-order valence-electron chi connectivity index (χ3n) is 2.55. The van der Waals surface area contributed by atoms with Crippen molar-refractivity contribution in [2.24, 2.45) is 0 Å². The van der Waals surface area contributed by atoms with Crippen LogP contribution in [-0.2, 0) is 11.3 Å². The molecule has 0 aliphatic rings. The van der Waals surface area contributed by atoms with Gasteiger partial charge in [-0.15, -0.1) is 0 Å². The fourth-order valence-corrected chi connectivity index (χ4v) is 1.70. The molecule has 0 radical (unpaired) electrons.